The minimum atomic E-state index is -0.0435. The number of rotatable bonds is 6. The normalized spacial score (nSPS) is 14.7. The maximum Gasteiger partial charge on any atom is 0.173 e. The Labute approximate surface area is 182 Å². The van der Waals surface area contributed by atoms with Crippen LogP contribution >= 0.6 is 0 Å². The molecule has 0 fully saturated rings. The molecule has 3 aromatic carbocycles. The van der Waals surface area contributed by atoms with E-state index in [2.05, 4.69) is 69.0 Å². The quantitative estimate of drug-likeness (QED) is 0.482. The number of fused-ring (bicyclic) bond motifs is 1. The Bertz CT molecular complexity index is 1140. The van der Waals surface area contributed by atoms with Gasteiger partial charge in [-0.3, -0.25) is 4.90 Å². The van der Waals surface area contributed by atoms with E-state index in [1.807, 2.05) is 35.0 Å². The number of hydrogen-bond acceptors (Lipinski definition) is 5. The predicted molar refractivity (Wildman–Crippen MR) is 119 cm³/mol. The second-order valence-corrected chi connectivity index (χ2v) is 7.85. The summed E-state index contributed by atoms with van der Waals surface area (Å²) in [7, 11) is 1.69. The van der Waals surface area contributed by atoms with Crippen LogP contribution < -0.4 is 4.74 Å². The van der Waals surface area contributed by atoms with Crippen molar-refractivity contribution >= 4 is 0 Å². The first-order valence-corrected chi connectivity index (χ1v) is 10.6. The summed E-state index contributed by atoms with van der Waals surface area (Å²) in [6, 6.07) is 27.2. The van der Waals surface area contributed by atoms with Crippen molar-refractivity contribution in [1.29, 1.82) is 0 Å². The Kier molecular flexibility index (Phi) is 5.46. The number of nitrogens with zero attached hydrogens (tertiary/aromatic N) is 5. The first-order valence-electron chi connectivity index (χ1n) is 10.6. The van der Waals surface area contributed by atoms with Gasteiger partial charge in [0.05, 0.1) is 19.7 Å². The van der Waals surface area contributed by atoms with E-state index in [1.165, 1.54) is 16.7 Å². The molecule has 0 saturated heterocycles. The molecule has 0 amide bonds. The van der Waals surface area contributed by atoms with Gasteiger partial charge in [0.15, 0.2) is 5.82 Å². The van der Waals surface area contributed by atoms with Gasteiger partial charge in [0.2, 0.25) is 0 Å². The number of aromatic nitrogens is 4. The van der Waals surface area contributed by atoms with Gasteiger partial charge in [0.25, 0.3) is 0 Å². The zero-order chi connectivity index (χ0) is 21.0. The van der Waals surface area contributed by atoms with Crippen LogP contribution in [0.15, 0.2) is 78.9 Å². The van der Waals surface area contributed by atoms with Gasteiger partial charge in [-0.05, 0) is 51.2 Å². The van der Waals surface area contributed by atoms with E-state index in [-0.39, 0.29) is 6.04 Å². The molecule has 1 aliphatic rings. The van der Waals surface area contributed by atoms with Crippen molar-refractivity contribution in [2.24, 2.45) is 0 Å². The summed E-state index contributed by atoms with van der Waals surface area (Å²) in [5.74, 6) is 1.70. The van der Waals surface area contributed by atoms with E-state index < -0.39 is 0 Å². The zero-order valence-electron chi connectivity index (χ0n) is 17.6. The molecule has 156 valence electrons. The summed E-state index contributed by atoms with van der Waals surface area (Å²) in [5, 5.41) is 12.9. The van der Waals surface area contributed by atoms with Gasteiger partial charge in [0.1, 0.15) is 5.75 Å². The van der Waals surface area contributed by atoms with Crippen molar-refractivity contribution in [2.45, 2.75) is 25.6 Å². The summed E-state index contributed by atoms with van der Waals surface area (Å²) >= 11 is 0. The Hall–Kier alpha value is -3.51. The fourth-order valence-electron chi connectivity index (χ4n) is 4.32. The molecule has 4 aromatic rings. The van der Waals surface area contributed by atoms with E-state index in [4.69, 9.17) is 4.74 Å². The molecule has 1 atom stereocenters. The lowest BCUT2D eigenvalue weighted by Crippen LogP contribution is -2.36. The molecule has 6 heteroatoms. The van der Waals surface area contributed by atoms with Gasteiger partial charge in [-0.15, -0.1) is 5.10 Å². The molecule has 0 N–H and O–H groups in total. The van der Waals surface area contributed by atoms with E-state index >= 15 is 0 Å². The fraction of sp³-hybridized carbons (Fsp3) is 0.240. The maximum atomic E-state index is 5.38. The highest BCUT2D eigenvalue weighted by molar-refractivity contribution is 5.34. The van der Waals surface area contributed by atoms with Crippen molar-refractivity contribution in [2.75, 3.05) is 13.7 Å². The average Bonchev–Trinajstić information content (AvgIpc) is 3.28. The van der Waals surface area contributed by atoms with E-state index in [0.717, 1.165) is 36.6 Å². The topological polar surface area (TPSA) is 56.1 Å². The summed E-state index contributed by atoms with van der Waals surface area (Å²) in [5.41, 5.74) is 5.13. The van der Waals surface area contributed by atoms with Crippen LogP contribution in [-0.4, -0.2) is 38.8 Å². The molecule has 0 unspecified atom stereocenters. The van der Waals surface area contributed by atoms with Gasteiger partial charge in [0, 0.05) is 13.1 Å². The predicted octanol–water partition coefficient (Wildman–Crippen LogP) is 3.88. The first kappa shape index (κ1) is 19.5. The van der Waals surface area contributed by atoms with Crippen LogP contribution in [0.3, 0.4) is 0 Å². The smallest absolute Gasteiger partial charge is 0.173 e. The van der Waals surface area contributed by atoms with Crippen LogP contribution in [0.2, 0.25) is 0 Å². The van der Waals surface area contributed by atoms with Crippen LogP contribution in [-0.2, 0) is 19.5 Å². The van der Waals surface area contributed by atoms with Crippen molar-refractivity contribution in [3.63, 3.8) is 0 Å². The van der Waals surface area contributed by atoms with Crippen molar-refractivity contribution in [3.8, 4) is 5.75 Å². The molecule has 0 bridgehead atoms. The number of ether oxygens (including phenoxy) is 1. The van der Waals surface area contributed by atoms with Crippen LogP contribution in [0.25, 0.3) is 0 Å². The van der Waals surface area contributed by atoms with E-state index in [9.17, 15) is 0 Å². The Balaban J connectivity index is 1.53. The fourth-order valence-corrected chi connectivity index (χ4v) is 4.32. The van der Waals surface area contributed by atoms with Gasteiger partial charge >= 0.3 is 0 Å². The highest BCUT2D eigenvalue weighted by Gasteiger charge is 2.30. The van der Waals surface area contributed by atoms with E-state index in [0.29, 0.717) is 6.54 Å². The lowest BCUT2D eigenvalue weighted by Gasteiger charge is -2.35. The number of methoxy groups -OCH3 is 1. The number of tetrazole rings is 1. The zero-order valence-corrected chi connectivity index (χ0v) is 17.6. The molecule has 0 saturated carbocycles. The summed E-state index contributed by atoms with van der Waals surface area (Å²) in [6.07, 6.45) is 1.02. The van der Waals surface area contributed by atoms with Crippen LogP contribution in [0.1, 0.15) is 34.1 Å². The third kappa shape index (κ3) is 4.07. The molecule has 1 aliphatic heterocycles. The Morgan fingerprint density at radius 3 is 2.42 bits per heavy atom. The summed E-state index contributed by atoms with van der Waals surface area (Å²) < 4.78 is 7.30. The molecule has 2 heterocycles. The SMILES string of the molecule is COc1ccc([C@H](c2nnnn2Cc2ccccc2)N2CCc3ccccc3C2)cc1. The third-order valence-electron chi connectivity index (χ3n) is 5.94. The number of hydrogen-bond donors (Lipinski definition) is 0. The molecule has 1 aromatic heterocycles. The second-order valence-electron chi connectivity index (χ2n) is 7.85. The van der Waals surface area contributed by atoms with Crippen molar-refractivity contribution in [1.82, 2.24) is 25.1 Å². The molecule has 0 spiro atoms. The maximum absolute atomic E-state index is 5.38. The lowest BCUT2D eigenvalue weighted by atomic mass is 9.96. The second kappa shape index (κ2) is 8.70. The van der Waals surface area contributed by atoms with Crippen LogP contribution in [0.5, 0.6) is 5.75 Å². The van der Waals surface area contributed by atoms with Crippen molar-refractivity contribution in [3.05, 3.63) is 107 Å². The van der Waals surface area contributed by atoms with Gasteiger partial charge < -0.3 is 4.74 Å². The molecular formula is C25H25N5O. The van der Waals surface area contributed by atoms with Gasteiger partial charge in [-0.2, -0.15) is 0 Å². The first-order chi connectivity index (χ1) is 15.3. The van der Waals surface area contributed by atoms with Crippen LogP contribution in [0.4, 0.5) is 0 Å². The summed E-state index contributed by atoms with van der Waals surface area (Å²) in [6.45, 7) is 2.46. The molecule has 0 aliphatic carbocycles. The van der Waals surface area contributed by atoms with Gasteiger partial charge in [-0.1, -0.05) is 66.7 Å². The molecule has 31 heavy (non-hydrogen) atoms. The Morgan fingerprint density at radius 1 is 0.903 bits per heavy atom. The van der Waals surface area contributed by atoms with Crippen LogP contribution in [0, 0.1) is 0 Å². The summed E-state index contributed by atoms with van der Waals surface area (Å²) in [4.78, 5) is 2.47. The number of benzene rings is 3. The molecule has 0 radical (unpaired) electrons. The van der Waals surface area contributed by atoms with Gasteiger partial charge in [-0.25, -0.2) is 4.68 Å². The minimum Gasteiger partial charge on any atom is -0.497 e. The average molecular weight is 412 g/mol. The standard InChI is InChI=1S/C25H25N5O/c1-31-23-13-11-21(12-14-23)24(29-16-15-20-9-5-6-10-22(20)18-29)25-26-27-28-30(25)17-19-7-3-2-4-8-19/h2-14,24H,15-18H2,1H3/t24-/m1/s1. The lowest BCUT2D eigenvalue weighted by molar-refractivity contribution is 0.195. The minimum absolute atomic E-state index is 0.0435. The van der Waals surface area contributed by atoms with E-state index in [1.54, 1.807) is 7.11 Å². The van der Waals surface area contributed by atoms with Crippen molar-refractivity contribution < 1.29 is 4.74 Å². The highest BCUT2D eigenvalue weighted by atomic mass is 16.5. The molecule has 6 nitrogen and oxygen atoms in total. The highest BCUT2D eigenvalue weighted by Crippen LogP contribution is 2.33. The third-order valence-corrected chi connectivity index (χ3v) is 5.94. The monoisotopic (exact) mass is 411 g/mol. The Morgan fingerprint density at radius 2 is 1.65 bits per heavy atom. The molecule has 5 rings (SSSR count). The molecular weight excluding hydrogens is 386 g/mol. The largest absolute Gasteiger partial charge is 0.497 e.